The quantitative estimate of drug-likeness (QED) is 0.443. The number of furan rings is 1. The predicted octanol–water partition coefficient (Wildman–Crippen LogP) is 4.61. The van der Waals surface area contributed by atoms with Crippen LogP contribution in [-0.2, 0) is 10.0 Å². The number of benzene rings is 1. The van der Waals surface area contributed by atoms with Crippen molar-refractivity contribution >= 4 is 32.7 Å². The largest absolute Gasteiger partial charge is 0.463 e. The van der Waals surface area contributed by atoms with Crippen molar-refractivity contribution in [3.05, 3.63) is 60.0 Å². The van der Waals surface area contributed by atoms with E-state index in [4.69, 9.17) is 8.94 Å². The predicted molar refractivity (Wildman–Crippen MR) is 126 cm³/mol. The number of rotatable bonds is 5. The summed E-state index contributed by atoms with van der Waals surface area (Å²) in [4.78, 5) is 17.9. The van der Waals surface area contributed by atoms with Crippen LogP contribution in [-0.4, -0.2) is 41.9 Å². The van der Waals surface area contributed by atoms with Crippen LogP contribution in [0, 0.1) is 6.92 Å². The van der Waals surface area contributed by atoms with Gasteiger partial charge in [-0.1, -0.05) is 24.1 Å². The molecule has 0 aliphatic carbocycles. The first-order valence-electron chi connectivity index (χ1n) is 11.2. The highest BCUT2D eigenvalue weighted by Gasteiger charge is 2.26. The normalized spacial score (nSPS) is 15.3. The van der Waals surface area contributed by atoms with Crippen molar-refractivity contribution in [3.63, 3.8) is 0 Å². The molecule has 4 aromatic rings. The summed E-state index contributed by atoms with van der Waals surface area (Å²) < 4.78 is 38.6. The van der Waals surface area contributed by atoms with Gasteiger partial charge in [0.1, 0.15) is 5.69 Å². The van der Waals surface area contributed by atoms with Gasteiger partial charge in [-0.15, -0.1) is 0 Å². The third-order valence-corrected chi connectivity index (χ3v) is 7.82. The highest BCUT2D eigenvalue weighted by molar-refractivity contribution is 7.89. The van der Waals surface area contributed by atoms with Crippen molar-refractivity contribution < 1.29 is 22.2 Å². The zero-order valence-corrected chi connectivity index (χ0v) is 19.5. The summed E-state index contributed by atoms with van der Waals surface area (Å²) in [6.45, 7) is 2.75. The van der Waals surface area contributed by atoms with Crippen LogP contribution in [0.2, 0.25) is 0 Å². The fraction of sp³-hybridized carbons (Fsp3) is 0.292. The Morgan fingerprint density at radius 2 is 1.85 bits per heavy atom. The lowest BCUT2D eigenvalue weighted by Gasteiger charge is -2.20. The number of carbonyl (C=O) groups excluding carboxylic acids is 1. The van der Waals surface area contributed by atoms with E-state index in [-0.39, 0.29) is 10.6 Å². The van der Waals surface area contributed by atoms with Gasteiger partial charge < -0.3 is 14.3 Å². The van der Waals surface area contributed by atoms with E-state index in [0.29, 0.717) is 46.9 Å². The van der Waals surface area contributed by atoms with Crippen LogP contribution in [0.5, 0.6) is 0 Å². The van der Waals surface area contributed by atoms with Crippen LogP contribution in [0.1, 0.15) is 41.7 Å². The van der Waals surface area contributed by atoms with Crippen LogP contribution in [0.15, 0.2) is 62.6 Å². The molecule has 176 valence electrons. The Hall–Kier alpha value is -3.50. The van der Waals surface area contributed by atoms with E-state index in [1.165, 1.54) is 16.6 Å². The van der Waals surface area contributed by atoms with Crippen LogP contribution >= 0.6 is 0 Å². The molecular formula is C24H24N4O5S. The van der Waals surface area contributed by atoms with Crippen molar-refractivity contribution in [2.75, 3.05) is 18.4 Å². The average Bonchev–Trinajstić information content (AvgIpc) is 3.41. The van der Waals surface area contributed by atoms with Crippen LogP contribution < -0.4 is 5.32 Å². The molecule has 0 unspecified atom stereocenters. The molecule has 10 heteroatoms. The average molecular weight is 481 g/mol. The standard InChI is InChI=1S/C24H24N4O5S/c1-16-22-19(15-20(21-10-7-13-32-21)26-24(22)33-27-16)23(29)25-17-8-6-9-18(14-17)34(30,31)28-11-4-2-3-5-12-28/h6-10,13-15H,2-5,11-12H2,1H3,(H,25,29). The molecule has 34 heavy (non-hydrogen) atoms. The summed E-state index contributed by atoms with van der Waals surface area (Å²) in [7, 11) is -3.64. The van der Waals surface area contributed by atoms with Crippen LogP contribution in [0.25, 0.3) is 22.6 Å². The number of nitrogens with zero attached hydrogens (tertiary/aromatic N) is 3. The fourth-order valence-corrected chi connectivity index (χ4v) is 5.75. The van der Waals surface area contributed by atoms with E-state index in [0.717, 1.165) is 25.7 Å². The Morgan fingerprint density at radius 3 is 2.59 bits per heavy atom. The fourth-order valence-electron chi connectivity index (χ4n) is 4.19. The number of pyridine rings is 1. The van der Waals surface area contributed by atoms with Crippen molar-refractivity contribution in [1.82, 2.24) is 14.4 Å². The molecule has 1 aliphatic rings. The van der Waals surface area contributed by atoms with Gasteiger partial charge in [-0.25, -0.2) is 13.4 Å². The molecule has 5 rings (SSSR count). The lowest BCUT2D eigenvalue weighted by Crippen LogP contribution is -2.32. The van der Waals surface area contributed by atoms with Gasteiger partial charge >= 0.3 is 0 Å². The first-order chi connectivity index (χ1) is 16.4. The minimum absolute atomic E-state index is 0.157. The molecule has 1 N–H and O–H groups in total. The monoisotopic (exact) mass is 480 g/mol. The third kappa shape index (κ3) is 4.22. The van der Waals surface area contributed by atoms with Gasteiger partial charge in [0.25, 0.3) is 11.6 Å². The van der Waals surface area contributed by atoms with Gasteiger partial charge in [0, 0.05) is 18.8 Å². The molecule has 0 atom stereocenters. The van der Waals surface area contributed by atoms with E-state index in [2.05, 4.69) is 15.5 Å². The summed E-state index contributed by atoms with van der Waals surface area (Å²) >= 11 is 0. The molecule has 3 aromatic heterocycles. The molecule has 0 radical (unpaired) electrons. The molecule has 1 aliphatic heterocycles. The first kappa shape index (κ1) is 22.3. The molecule has 9 nitrogen and oxygen atoms in total. The van der Waals surface area contributed by atoms with E-state index >= 15 is 0 Å². The number of aryl methyl sites for hydroxylation is 1. The molecule has 0 spiro atoms. The second-order valence-corrected chi connectivity index (χ2v) is 10.2. The molecule has 0 saturated carbocycles. The number of hydrogen-bond donors (Lipinski definition) is 1. The number of carbonyl (C=O) groups is 1. The topological polar surface area (TPSA) is 119 Å². The van der Waals surface area contributed by atoms with Gasteiger partial charge in [0.2, 0.25) is 10.0 Å². The van der Waals surface area contributed by atoms with Gasteiger partial charge in [0.05, 0.1) is 27.8 Å². The number of hydrogen-bond acceptors (Lipinski definition) is 7. The van der Waals surface area contributed by atoms with Gasteiger partial charge in [-0.2, -0.15) is 4.31 Å². The Morgan fingerprint density at radius 1 is 1.06 bits per heavy atom. The zero-order valence-electron chi connectivity index (χ0n) is 18.7. The Bertz CT molecular complexity index is 1440. The Kier molecular flexibility index (Phi) is 5.93. The minimum Gasteiger partial charge on any atom is -0.463 e. The molecular weight excluding hydrogens is 456 g/mol. The SMILES string of the molecule is Cc1noc2nc(-c3ccco3)cc(C(=O)Nc3cccc(S(=O)(=O)N4CCCCCC4)c3)c12. The van der Waals surface area contributed by atoms with Crippen molar-refractivity contribution in [2.45, 2.75) is 37.5 Å². The zero-order chi connectivity index (χ0) is 23.7. The number of fused-ring (bicyclic) bond motifs is 1. The number of amides is 1. The van der Waals surface area contributed by atoms with E-state index in [1.807, 2.05) is 0 Å². The highest BCUT2D eigenvalue weighted by atomic mass is 32.2. The molecule has 0 bridgehead atoms. The molecule has 1 saturated heterocycles. The Balaban J connectivity index is 1.47. The van der Waals surface area contributed by atoms with Crippen molar-refractivity contribution in [1.29, 1.82) is 0 Å². The summed E-state index contributed by atoms with van der Waals surface area (Å²) in [5.41, 5.74) is 1.84. The molecule has 1 aromatic carbocycles. The molecule has 1 fully saturated rings. The maximum atomic E-state index is 13.3. The van der Waals surface area contributed by atoms with Gasteiger partial charge in [0.15, 0.2) is 5.76 Å². The van der Waals surface area contributed by atoms with E-state index < -0.39 is 15.9 Å². The highest BCUT2D eigenvalue weighted by Crippen LogP contribution is 2.29. The van der Waals surface area contributed by atoms with Crippen molar-refractivity contribution in [2.24, 2.45) is 0 Å². The molecule has 4 heterocycles. The maximum absolute atomic E-state index is 13.3. The lowest BCUT2D eigenvalue weighted by atomic mass is 10.1. The summed E-state index contributed by atoms with van der Waals surface area (Å²) in [5, 5.41) is 7.25. The number of sulfonamides is 1. The number of aromatic nitrogens is 2. The van der Waals surface area contributed by atoms with Crippen LogP contribution in [0.4, 0.5) is 5.69 Å². The minimum atomic E-state index is -3.64. The Labute approximate surface area is 196 Å². The summed E-state index contributed by atoms with van der Waals surface area (Å²) in [5.74, 6) is 0.0476. The van der Waals surface area contributed by atoms with E-state index in [1.54, 1.807) is 43.3 Å². The third-order valence-electron chi connectivity index (χ3n) is 5.93. The maximum Gasteiger partial charge on any atom is 0.259 e. The number of anilines is 1. The molecule has 1 amide bonds. The lowest BCUT2D eigenvalue weighted by molar-refractivity contribution is 0.102. The van der Waals surface area contributed by atoms with Gasteiger partial charge in [-0.3, -0.25) is 4.79 Å². The van der Waals surface area contributed by atoms with Crippen LogP contribution in [0.3, 0.4) is 0 Å². The summed E-state index contributed by atoms with van der Waals surface area (Å²) in [6, 6.07) is 11.4. The first-order valence-corrected chi connectivity index (χ1v) is 12.6. The van der Waals surface area contributed by atoms with Crippen molar-refractivity contribution in [3.8, 4) is 11.5 Å². The smallest absolute Gasteiger partial charge is 0.259 e. The van der Waals surface area contributed by atoms with E-state index in [9.17, 15) is 13.2 Å². The summed E-state index contributed by atoms with van der Waals surface area (Å²) in [6.07, 6.45) is 5.28. The number of nitrogens with one attached hydrogen (secondary N) is 1. The second kappa shape index (κ2) is 9.03. The second-order valence-electron chi connectivity index (χ2n) is 8.28. The van der Waals surface area contributed by atoms with Gasteiger partial charge in [-0.05, 0) is 56.2 Å².